The highest BCUT2D eigenvalue weighted by molar-refractivity contribution is 5.42. The number of ether oxygens (including phenoxy) is 1. The Kier molecular flexibility index (Phi) is 4.16. The zero-order chi connectivity index (χ0) is 12.0. The van der Waals surface area contributed by atoms with Crippen molar-refractivity contribution < 1.29 is 9.66 Å². The van der Waals surface area contributed by atoms with E-state index in [1.54, 1.807) is 6.08 Å². The monoisotopic (exact) mass is 225 g/mol. The molecule has 0 saturated heterocycles. The first kappa shape index (κ1) is 11.9. The van der Waals surface area contributed by atoms with Gasteiger partial charge in [0.05, 0.1) is 11.5 Å². The molecule has 0 aromatic carbocycles. The summed E-state index contributed by atoms with van der Waals surface area (Å²) in [4.78, 5) is 17.4. The van der Waals surface area contributed by atoms with Gasteiger partial charge in [0.1, 0.15) is 6.20 Å². The molecule has 0 saturated carbocycles. The Morgan fingerprint density at radius 1 is 1.75 bits per heavy atom. The Morgan fingerprint density at radius 2 is 2.50 bits per heavy atom. The van der Waals surface area contributed by atoms with Crippen LogP contribution in [-0.4, -0.2) is 21.5 Å². The molecule has 0 spiro atoms. The third kappa shape index (κ3) is 2.89. The zero-order valence-corrected chi connectivity index (χ0v) is 8.42. The highest BCUT2D eigenvalue weighted by atomic mass is 16.6. The van der Waals surface area contributed by atoms with Crippen molar-refractivity contribution in [1.29, 1.82) is 0 Å². The maximum Gasteiger partial charge on any atom is 0.349 e. The molecule has 8 nitrogen and oxygen atoms in total. The average Bonchev–Trinajstić information content (AvgIpc) is 2.29. The number of nitrogen functional groups attached to an aromatic ring is 1. The van der Waals surface area contributed by atoms with Crippen molar-refractivity contribution >= 4 is 11.6 Å². The smallest absolute Gasteiger partial charge is 0.349 e. The van der Waals surface area contributed by atoms with Gasteiger partial charge in [-0.3, -0.25) is 15.5 Å². The van der Waals surface area contributed by atoms with Gasteiger partial charge in [0.15, 0.2) is 0 Å². The molecule has 1 rings (SSSR count). The minimum atomic E-state index is -0.621. The van der Waals surface area contributed by atoms with Gasteiger partial charge < -0.3 is 4.74 Å². The molecule has 0 fully saturated rings. The van der Waals surface area contributed by atoms with E-state index in [4.69, 9.17) is 10.6 Å². The third-order valence-corrected chi connectivity index (χ3v) is 1.62. The van der Waals surface area contributed by atoms with Crippen LogP contribution in [0, 0.1) is 10.1 Å². The quantitative estimate of drug-likeness (QED) is 0.239. The van der Waals surface area contributed by atoms with Crippen LogP contribution in [-0.2, 0) is 0 Å². The Bertz CT molecular complexity index is 395. The van der Waals surface area contributed by atoms with E-state index >= 15 is 0 Å². The largest absolute Gasteiger partial charge is 0.472 e. The van der Waals surface area contributed by atoms with Gasteiger partial charge in [-0.15, -0.1) is 6.58 Å². The zero-order valence-electron chi connectivity index (χ0n) is 8.42. The Morgan fingerprint density at radius 3 is 3.06 bits per heavy atom. The van der Waals surface area contributed by atoms with Gasteiger partial charge in [0.2, 0.25) is 5.95 Å². The summed E-state index contributed by atoms with van der Waals surface area (Å²) in [5.41, 5.74) is 1.88. The second-order valence-corrected chi connectivity index (χ2v) is 2.71. The molecule has 1 aromatic heterocycles. The van der Waals surface area contributed by atoms with Crippen molar-refractivity contribution in [2.75, 3.05) is 12.0 Å². The van der Waals surface area contributed by atoms with Crippen LogP contribution in [0.25, 0.3) is 0 Å². The molecule has 0 aliphatic heterocycles. The van der Waals surface area contributed by atoms with E-state index in [1.165, 1.54) is 0 Å². The summed E-state index contributed by atoms with van der Waals surface area (Å²) < 4.78 is 5.12. The molecule has 0 bridgehead atoms. The maximum atomic E-state index is 10.6. The molecule has 0 aliphatic carbocycles. The van der Waals surface area contributed by atoms with Crippen LogP contribution >= 0.6 is 0 Å². The Hall–Kier alpha value is -2.22. The highest BCUT2D eigenvalue weighted by Gasteiger charge is 2.18. The highest BCUT2D eigenvalue weighted by Crippen LogP contribution is 2.24. The van der Waals surface area contributed by atoms with Gasteiger partial charge >= 0.3 is 5.69 Å². The molecule has 0 unspecified atom stereocenters. The molecule has 16 heavy (non-hydrogen) atoms. The van der Waals surface area contributed by atoms with Crippen LogP contribution in [0.15, 0.2) is 18.9 Å². The van der Waals surface area contributed by atoms with Gasteiger partial charge in [0, 0.05) is 0 Å². The number of anilines is 1. The van der Waals surface area contributed by atoms with E-state index in [-0.39, 0.29) is 24.1 Å². The summed E-state index contributed by atoms with van der Waals surface area (Å²) in [5, 5.41) is 10.6. The molecule has 3 N–H and O–H groups in total. The Labute approximate surface area is 91.3 Å². The van der Waals surface area contributed by atoms with E-state index in [0.29, 0.717) is 6.42 Å². The topological polar surface area (TPSA) is 116 Å². The first-order chi connectivity index (χ1) is 7.69. The lowest BCUT2D eigenvalue weighted by atomic mass is 10.4. The van der Waals surface area contributed by atoms with Gasteiger partial charge in [0.25, 0.3) is 5.88 Å². The normalized spacial score (nSPS) is 9.56. The molecule has 8 heteroatoms. The van der Waals surface area contributed by atoms with Crippen LogP contribution in [0.5, 0.6) is 5.88 Å². The molecule has 1 aromatic rings. The van der Waals surface area contributed by atoms with Crippen molar-refractivity contribution in [2.45, 2.75) is 6.42 Å². The summed E-state index contributed by atoms with van der Waals surface area (Å²) in [7, 11) is 0. The summed E-state index contributed by atoms with van der Waals surface area (Å²) in [6, 6.07) is 0. The van der Waals surface area contributed by atoms with E-state index in [2.05, 4.69) is 22.0 Å². The third-order valence-electron chi connectivity index (χ3n) is 1.62. The van der Waals surface area contributed by atoms with Crippen molar-refractivity contribution in [1.82, 2.24) is 9.97 Å². The maximum absolute atomic E-state index is 10.6. The van der Waals surface area contributed by atoms with E-state index in [9.17, 15) is 10.1 Å². The number of hydrazine groups is 1. The molecule has 0 radical (unpaired) electrons. The number of hydrogen-bond acceptors (Lipinski definition) is 7. The number of hydrogen-bond donors (Lipinski definition) is 2. The second kappa shape index (κ2) is 5.61. The van der Waals surface area contributed by atoms with Crippen molar-refractivity contribution in [3.63, 3.8) is 0 Å². The Balaban J connectivity index is 2.91. The minimum absolute atomic E-state index is 0.0548. The number of nitro groups is 1. The lowest BCUT2D eigenvalue weighted by molar-refractivity contribution is -0.386. The number of nitrogens with one attached hydrogen (secondary N) is 1. The molecule has 86 valence electrons. The lowest BCUT2D eigenvalue weighted by Gasteiger charge is -2.05. The number of nitrogens with two attached hydrogens (primary N) is 1. The SMILES string of the molecule is C=CCCOc1nc(NN)ncc1[N+](=O)[O-]. The van der Waals surface area contributed by atoms with E-state index in [1.807, 2.05) is 0 Å². The number of nitrogens with zero attached hydrogens (tertiary/aromatic N) is 3. The minimum Gasteiger partial charge on any atom is -0.472 e. The van der Waals surface area contributed by atoms with Crippen LogP contribution in [0.4, 0.5) is 11.6 Å². The molecule has 0 amide bonds. The predicted molar refractivity (Wildman–Crippen MR) is 56.8 cm³/mol. The summed E-state index contributed by atoms with van der Waals surface area (Å²) >= 11 is 0. The van der Waals surface area contributed by atoms with Gasteiger partial charge in [-0.2, -0.15) is 4.98 Å². The fourth-order valence-electron chi connectivity index (χ4n) is 0.900. The summed E-state index contributed by atoms with van der Waals surface area (Å²) in [5.74, 6) is 5.02. The molecule has 0 atom stereocenters. The molecular weight excluding hydrogens is 214 g/mol. The summed E-state index contributed by atoms with van der Waals surface area (Å²) in [6.45, 7) is 3.76. The van der Waals surface area contributed by atoms with Gasteiger partial charge in [-0.1, -0.05) is 6.08 Å². The van der Waals surface area contributed by atoms with Crippen molar-refractivity contribution in [3.8, 4) is 5.88 Å². The van der Waals surface area contributed by atoms with Crippen LogP contribution in [0.2, 0.25) is 0 Å². The van der Waals surface area contributed by atoms with Crippen LogP contribution in [0.1, 0.15) is 6.42 Å². The number of rotatable bonds is 6. The lowest BCUT2D eigenvalue weighted by Crippen LogP contribution is -2.12. The fraction of sp³-hybridized carbons (Fsp3) is 0.250. The second-order valence-electron chi connectivity index (χ2n) is 2.71. The molecule has 1 heterocycles. The standard InChI is InChI=1S/C8H11N5O3/c1-2-3-4-16-7-6(13(14)15)5-10-8(11-7)12-9/h2,5H,1,3-4,9H2,(H,10,11,12). The van der Waals surface area contributed by atoms with Crippen molar-refractivity contribution in [3.05, 3.63) is 29.0 Å². The van der Waals surface area contributed by atoms with Gasteiger partial charge in [-0.25, -0.2) is 10.8 Å². The van der Waals surface area contributed by atoms with Crippen molar-refractivity contribution in [2.24, 2.45) is 5.84 Å². The van der Waals surface area contributed by atoms with Crippen LogP contribution < -0.4 is 16.0 Å². The van der Waals surface area contributed by atoms with Gasteiger partial charge in [-0.05, 0) is 6.42 Å². The molecule has 0 aliphatic rings. The first-order valence-corrected chi connectivity index (χ1v) is 4.40. The fourth-order valence-corrected chi connectivity index (χ4v) is 0.900. The average molecular weight is 225 g/mol. The first-order valence-electron chi connectivity index (χ1n) is 4.40. The van der Waals surface area contributed by atoms with Crippen LogP contribution in [0.3, 0.4) is 0 Å². The number of aromatic nitrogens is 2. The summed E-state index contributed by atoms with van der Waals surface area (Å²) in [6.07, 6.45) is 3.23. The predicted octanol–water partition coefficient (Wildman–Crippen LogP) is 0.625. The van der Waals surface area contributed by atoms with E-state index in [0.717, 1.165) is 6.20 Å². The molecular formula is C8H11N5O3. The van der Waals surface area contributed by atoms with E-state index < -0.39 is 4.92 Å².